The quantitative estimate of drug-likeness (QED) is 0.775. The van der Waals surface area contributed by atoms with Crippen molar-refractivity contribution in [2.75, 3.05) is 0 Å². The van der Waals surface area contributed by atoms with Crippen LogP contribution in [0.5, 0.6) is 11.5 Å². The highest BCUT2D eigenvalue weighted by Crippen LogP contribution is 2.32. The number of benzene rings is 2. The third kappa shape index (κ3) is 3.59. The molecule has 2 N–H and O–H groups in total. The van der Waals surface area contributed by atoms with E-state index in [2.05, 4.69) is 31.9 Å². The van der Waals surface area contributed by atoms with Crippen LogP contribution in [0.2, 0.25) is 0 Å². The summed E-state index contributed by atoms with van der Waals surface area (Å²) in [7, 11) is 0. The Morgan fingerprint density at radius 2 is 1.84 bits per heavy atom. The van der Waals surface area contributed by atoms with Gasteiger partial charge in [-0.3, -0.25) is 0 Å². The molecule has 100 valence electrons. The lowest BCUT2D eigenvalue weighted by Gasteiger charge is -2.14. The van der Waals surface area contributed by atoms with Gasteiger partial charge in [-0.2, -0.15) is 0 Å². The van der Waals surface area contributed by atoms with Gasteiger partial charge in [0, 0.05) is 20.6 Å². The summed E-state index contributed by atoms with van der Waals surface area (Å²) in [5, 5.41) is 0. The normalized spacial score (nSPS) is 12.3. The molecule has 0 aliphatic rings. The molecule has 1 atom stereocenters. The summed E-state index contributed by atoms with van der Waals surface area (Å²) in [5.41, 5.74) is 8.09. The van der Waals surface area contributed by atoms with E-state index in [0.717, 1.165) is 31.6 Å². The Morgan fingerprint density at radius 1 is 1.11 bits per heavy atom. The molecule has 0 saturated carbocycles. The zero-order valence-corrected chi connectivity index (χ0v) is 14.0. The smallest absolute Gasteiger partial charge is 0.133 e. The SMILES string of the molecule is Cc1cc(Oc2cc(Br)ccc2C(C)N)ccc1Br. The van der Waals surface area contributed by atoms with Gasteiger partial charge in [-0.1, -0.05) is 37.9 Å². The van der Waals surface area contributed by atoms with Gasteiger partial charge in [-0.15, -0.1) is 0 Å². The van der Waals surface area contributed by atoms with Crippen LogP contribution in [0.25, 0.3) is 0 Å². The first kappa shape index (κ1) is 14.6. The minimum atomic E-state index is -0.0698. The van der Waals surface area contributed by atoms with Crippen LogP contribution >= 0.6 is 31.9 Å². The molecular weight excluding hydrogens is 370 g/mol. The molecule has 0 radical (unpaired) electrons. The lowest BCUT2D eigenvalue weighted by molar-refractivity contribution is 0.471. The number of ether oxygens (including phenoxy) is 1. The van der Waals surface area contributed by atoms with Gasteiger partial charge in [0.1, 0.15) is 11.5 Å². The molecule has 0 saturated heterocycles. The van der Waals surface area contributed by atoms with Gasteiger partial charge in [0.05, 0.1) is 0 Å². The minimum absolute atomic E-state index is 0.0698. The Balaban J connectivity index is 2.36. The lowest BCUT2D eigenvalue weighted by atomic mass is 10.1. The van der Waals surface area contributed by atoms with E-state index in [-0.39, 0.29) is 6.04 Å². The van der Waals surface area contributed by atoms with E-state index in [1.807, 2.05) is 50.2 Å². The Morgan fingerprint density at radius 3 is 2.47 bits per heavy atom. The van der Waals surface area contributed by atoms with Crippen molar-refractivity contribution in [3.8, 4) is 11.5 Å². The van der Waals surface area contributed by atoms with E-state index in [1.54, 1.807) is 0 Å². The van der Waals surface area contributed by atoms with Crippen molar-refractivity contribution in [2.45, 2.75) is 19.9 Å². The van der Waals surface area contributed by atoms with Crippen molar-refractivity contribution in [3.63, 3.8) is 0 Å². The molecule has 0 aromatic heterocycles. The second-order valence-electron chi connectivity index (χ2n) is 4.48. The highest BCUT2D eigenvalue weighted by molar-refractivity contribution is 9.10. The predicted octanol–water partition coefficient (Wildman–Crippen LogP) is 5.33. The molecule has 0 aliphatic heterocycles. The zero-order valence-electron chi connectivity index (χ0n) is 10.8. The maximum Gasteiger partial charge on any atom is 0.133 e. The summed E-state index contributed by atoms with van der Waals surface area (Å²) in [4.78, 5) is 0. The van der Waals surface area contributed by atoms with Crippen molar-refractivity contribution in [1.82, 2.24) is 0 Å². The Labute approximate surface area is 130 Å². The molecule has 2 aromatic carbocycles. The summed E-state index contributed by atoms with van der Waals surface area (Å²) >= 11 is 6.94. The maximum atomic E-state index is 5.97. The second-order valence-corrected chi connectivity index (χ2v) is 6.25. The molecule has 2 aromatic rings. The van der Waals surface area contributed by atoms with E-state index < -0.39 is 0 Å². The average Bonchev–Trinajstić information content (AvgIpc) is 2.33. The highest BCUT2D eigenvalue weighted by atomic mass is 79.9. The Kier molecular flexibility index (Phi) is 4.66. The van der Waals surface area contributed by atoms with Crippen LogP contribution in [-0.4, -0.2) is 0 Å². The molecule has 1 unspecified atom stereocenters. The molecule has 19 heavy (non-hydrogen) atoms. The maximum absolute atomic E-state index is 5.97. The van der Waals surface area contributed by atoms with Crippen LogP contribution in [0.4, 0.5) is 0 Å². The van der Waals surface area contributed by atoms with Crippen molar-refractivity contribution in [3.05, 3.63) is 56.5 Å². The van der Waals surface area contributed by atoms with E-state index in [9.17, 15) is 0 Å². The molecule has 0 bridgehead atoms. The highest BCUT2D eigenvalue weighted by Gasteiger charge is 2.10. The van der Waals surface area contributed by atoms with Crippen LogP contribution in [0.3, 0.4) is 0 Å². The molecule has 0 spiro atoms. The van der Waals surface area contributed by atoms with E-state index in [4.69, 9.17) is 10.5 Å². The van der Waals surface area contributed by atoms with Gasteiger partial charge < -0.3 is 10.5 Å². The standard InChI is InChI=1S/C15H15Br2NO/c1-9-7-12(4-6-14(9)17)19-15-8-11(16)3-5-13(15)10(2)18/h3-8,10H,18H2,1-2H3. The number of rotatable bonds is 3. The zero-order chi connectivity index (χ0) is 14.0. The summed E-state index contributed by atoms with van der Waals surface area (Å²) in [5.74, 6) is 1.59. The van der Waals surface area contributed by atoms with Gasteiger partial charge in [0.15, 0.2) is 0 Å². The molecule has 0 fully saturated rings. The van der Waals surface area contributed by atoms with Crippen LogP contribution < -0.4 is 10.5 Å². The molecule has 2 nitrogen and oxygen atoms in total. The number of halogens is 2. The monoisotopic (exact) mass is 383 g/mol. The number of hydrogen-bond donors (Lipinski definition) is 1. The largest absolute Gasteiger partial charge is 0.457 e. The van der Waals surface area contributed by atoms with Crippen molar-refractivity contribution >= 4 is 31.9 Å². The summed E-state index contributed by atoms with van der Waals surface area (Å²) in [6.45, 7) is 3.98. The first-order chi connectivity index (χ1) is 8.97. The summed E-state index contributed by atoms with van der Waals surface area (Å²) in [6, 6.07) is 11.7. The van der Waals surface area contributed by atoms with Crippen LogP contribution in [0.15, 0.2) is 45.3 Å². The minimum Gasteiger partial charge on any atom is -0.457 e. The molecule has 0 heterocycles. The molecule has 0 amide bonds. The first-order valence-corrected chi connectivity index (χ1v) is 7.55. The molecular formula is C15H15Br2NO. The fourth-order valence-electron chi connectivity index (χ4n) is 1.78. The topological polar surface area (TPSA) is 35.2 Å². The number of nitrogens with two attached hydrogens (primary N) is 1. The van der Waals surface area contributed by atoms with Gasteiger partial charge >= 0.3 is 0 Å². The molecule has 0 aliphatic carbocycles. The van der Waals surface area contributed by atoms with E-state index in [1.165, 1.54) is 0 Å². The fraction of sp³-hybridized carbons (Fsp3) is 0.200. The third-order valence-corrected chi connectivity index (χ3v) is 4.21. The van der Waals surface area contributed by atoms with E-state index in [0.29, 0.717) is 0 Å². The van der Waals surface area contributed by atoms with Crippen molar-refractivity contribution < 1.29 is 4.74 Å². The van der Waals surface area contributed by atoms with Crippen molar-refractivity contribution in [2.24, 2.45) is 5.73 Å². The van der Waals surface area contributed by atoms with Gasteiger partial charge in [-0.25, -0.2) is 0 Å². The van der Waals surface area contributed by atoms with Gasteiger partial charge in [0.2, 0.25) is 0 Å². The summed E-state index contributed by atoms with van der Waals surface area (Å²) < 4.78 is 8.00. The number of hydrogen-bond acceptors (Lipinski definition) is 2. The van der Waals surface area contributed by atoms with Gasteiger partial charge in [-0.05, 0) is 49.7 Å². The van der Waals surface area contributed by atoms with Crippen LogP contribution in [-0.2, 0) is 0 Å². The average molecular weight is 385 g/mol. The lowest BCUT2D eigenvalue weighted by Crippen LogP contribution is -2.06. The third-order valence-electron chi connectivity index (χ3n) is 2.82. The second kappa shape index (κ2) is 6.07. The van der Waals surface area contributed by atoms with Crippen LogP contribution in [0.1, 0.15) is 24.1 Å². The molecule has 2 rings (SSSR count). The van der Waals surface area contributed by atoms with Crippen LogP contribution in [0, 0.1) is 6.92 Å². The predicted molar refractivity (Wildman–Crippen MR) is 85.7 cm³/mol. The Bertz CT molecular complexity index is 597. The Hall–Kier alpha value is -0.840. The molecule has 4 heteroatoms. The van der Waals surface area contributed by atoms with Crippen molar-refractivity contribution in [1.29, 1.82) is 0 Å². The first-order valence-electron chi connectivity index (χ1n) is 5.96. The van der Waals surface area contributed by atoms with Gasteiger partial charge in [0.25, 0.3) is 0 Å². The number of aryl methyl sites for hydroxylation is 1. The summed E-state index contributed by atoms with van der Waals surface area (Å²) in [6.07, 6.45) is 0. The van der Waals surface area contributed by atoms with E-state index >= 15 is 0 Å². The fourth-order valence-corrected chi connectivity index (χ4v) is 2.37.